The van der Waals surface area contributed by atoms with Gasteiger partial charge in [-0.25, -0.2) is 0 Å². The van der Waals surface area contributed by atoms with E-state index in [1.807, 2.05) is 43.3 Å². The molecule has 168 valence electrons. The summed E-state index contributed by atoms with van der Waals surface area (Å²) in [5.41, 5.74) is 3.41. The number of halogens is 1. The molecule has 1 N–H and O–H groups in total. The molecule has 0 aliphatic rings. The highest BCUT2D eigenvalue weighted by Crippen LogP contribution is 2.20. The average Bonchev–Trinajstić information content (AvgIpc) is 2.74. The third-order valence-electron chi connectivity index (χ3n) is 5.08. The molecule has 6 heteroatoms. The SMILES string of the molecule is CC[C@@H](C(=O)NCC(C)C)N(Cc1ccc(Cl)cc1)C(=O)CSCc1ccccc1C. The van der Waals surface area contributed by atoms with Gasteiger partial charge >= 0.3 is 0 Å². The van der Waals surface area contributed by atoms with Crippen molar-refractivity contribution >= 4 is 35.2 Å². The minimum Gasteiger partial charge on any atom is -0.354 e. The van der Waals surface area contributed by atoms with E-state index in [0.29, 0.717) is 36.2 Å². The molecule has 0 aliphatic carbocycles. The summed E-state index contributed by atoms with van der Waals surface area (Å²) in [6.45, 7) is 9.12. The van der Waals surface area contributed by atoms with Crippen LogP contribution in [-0.2, 0) is 21.9 Å². The van der Waals surface area contributed by atoms with Crippen LogP contribution in [0.3, 0.4) is 0 Å². The lowest BCUT2D eigenvalue weighted by atomic mass is 10.1. The van der Waals surface area contributed by atoms with Crippen LogP contribution in [0, 0.1) is 12.8 Å². The average molecular weight is 461 g/mol. The summed E-state index contributed by atoms with van der Waals surface area (Å²) in [5, 5.41) is 3.64. The van der Waals surface area contributed by atoms with Crippen molar-refractivity contribution in [2.45, 2.75) is 52.5 Å². The van der Waals surface area contributed by atoms with Crippen LogP contribution in [0.1, 0.15) is 43.9 Å². The van der Waals surface area contributed by atoms with Gasteiger partial charge in [0.25, 0.3) is 0 Å². The monoisotopic (exact) mass is 460 g/mol. The topological polar surface area (TPSA) is 49.4 Å². The third-order valence-corrected chi connectivity index (χ3v) is 6.30. The van der Waals surface area contributed by atoms with Gasteiger partial charge in [0, 0.05) is 23.9 Å². The number of benzene rings is 2. The van der Waals surface area contributed by atoms with Crippen molar-refractivity contribution < 1.29 is 9.59 Å². The molecule has 0 saturated carbocycles. The van der Waals surface area contributed by atoms with Gasteiger partial charge in [-0.05, 0) is 48.1 Å². The van der Waals surface area contributed by atoms with Crippen LogP contribution in [0.25, 0.3) is 0 Å². The zero-order valence-electron chi connectivity index (χ0n) is 18.9. The summed E-state index contributed by atoms with van der Waals surface area (Å²) in [5.74, 6) is 1.33. The molecule has 0 spiro atoms. The predicted molar refractivity (Wildman–Crippen MR) is 131 cm³/mol. The third kappa shape index (κ3) is 8.23. The molecule has 0 saturated heterocycles. The fourth-order valence-corrected chi connectivity index (χ4v) is 4.34. The zero-order valence-corrected chi connectivity index (χ0v) is 20.4. The second kappa shape index (κ2) is 12.8. The van der Waals surface area contributed by atoms with Gasteiger partial charge < -0.3 is 10.2 Å². The minimum atomic E-state index is -0.499. The van der Waals surface area contributed by atoms with Crippen molar-refractivity contribution in [1.29, 1.82) is 0 Å². The molecule has 2 amide bonds. The van der Waals surface area contributed by atoms with Crippen molar-refractivity contribution in [2.24, 2.45) is 5.92 Å². The van der Waals surface area contributed by atoms with Crippen LogP contribution in [-0.4, -0.2) is 35.1 Å². The molecule has 0 radical (unpaired) electrons. The molecular formula is C25H33ClN2O2S. The summed E-state index contributed by atoms with van der Waals surface area (Å²) in [6.07, 6.45) is 0.561. The molecular weight excluding hydrogens is 428 g/mol. The summed E-state index contributed by atoms with van der Waals surface area (Å²) in [6, 6.07) is 15.1. The second-order valence-electron chi connectivity index (χ2n) is 8.13. The van der Waals surface area contributed by atoms with Gasteiger partial charge in [0.1, 0.15) is 6.04 Å². The van der Waals surface area contributed by atoms with Crippen LogP contribution in [0.5, 0.6) is 0 Å². The lowest BCUT2D eigenvalue weighted by molar-refractivity contribution is -0.139. The molecule has 0 aliphatic heterocycles. The number of carbonyl (C=O) groups is 2. The number of carbonyl (C=O) groups excluding carboxylic acids is 2. The zero-order chi connectivity index (χ0) is 22.8. The highest BCUT2D eigenvalue weighted by Gasteiger charge is 2.28. The van der Waals surface area contributed by atoms with Gasteiger partial charge in [-0.1, -0.05) is 68.8 Å². The lowest BCUT2D eigenvalue weighted by Gasteiger charge is -2.31. The highest BCUT2D eigenvalue weighted by atomic mass is 35.5. The molecule has 2 aromatic rings. The van der Waals surface area contributed by atoms with E-state index in [0.717, 1.165) is 11.3 Å². The normalized spacial score (nSPS) is 11.9. The molecule has 31 heavy (non-hydrogen) atoms. The van der Waals surface area contributed by atoms with Gasteiger partial charge in [0.05, 0.1) is 5.75 Å². The summed E-state index contributed by atoms with van der Waals surface area (Å²) >= 11 is 7.60. The lowest BCUT2D eigenvalue weighted by Crippen LogP contribution is -2.50. The molecule has 2 rings (SSSR count). The van der Waals surface area contributed by atoms with Crippen molar-refractivity contribution in [3.8, 4) is 0 Å². The van der Waals surface area contributed by atoms with Gasteiger partial charge in [0.15, 0.2) is 0 Å². The highest BCUT2D eigenvalue weighted by molar-refractivity contribution is 7.99. The smallest absolute Gasteiger partial charge is 0.242 e. The van der Waals surface area contributed by atoms with E-state index in [1.54, 1.807) is 16.7 Å². The number of nitrogens with one attached hydrogen (secondary N) is 1. The number of rotatable bonds is 11. The van der Waals surface area contributed by atoms with E-state index in [9.17, 15) is 9.59 Å². The molecule has 0 unspecified atom stereocenters. The Kier molecular flexibility index (Phi) is 10.4. The predicted octanol–water partition coefficient (Wildman–Crippen LogP) is 5.46. The Morgan fingerprint density at radius 3 is 2.39 bits per heavy atom. The molecule has 2 aromatic carbocycles. The molecule has 0 fully saturated rings. The summed E-state index contributed by atoms with van der Waals surface area (Å²) in [4.78, 5) is 27.8. The van der Waals surface area contributed by atoms with Gasteiger partial charge in [-0.3, -0.25) is 9.59 Å². The second-order valence-corrected chi connectivity index (χ2v) is 9.55. The van der Waals surface area contributed by atoms with Crippen molar-refractivity contribution in [2.75, 3.05) is 12.3 Å². The van der Waals surface area contributed by atoms with Crippen LogP contribution < -0.4 is 5.32 Å². The van der Waals surface area contributed by atoms with Crippen molar-refractivity contribution in [1.82, 2.24) is 10.2 Å². The number of amides is 2. The van der Waals surface area contributed by atoms with Crippen molar-refractivity contribution in [3.05, 3.63) is 70.2 Å². The minimum absolute atomic E-state index is 0.0277. The first-order valence-electron chi connectivity index (χ1n) is 10.8. The summed E-state index contributed by atoms with van der Waals surface area (Å²) < 4.78 is 0. The Morgan fingerprint density at radius 1 is 1.10 bits per heavy atom. The fourth-order valence-electron chi connectivity index (χ4n) is 3.23. The Morgan fingerprint density at radius 2 is 1.77 bits per heavy atom. The Bertz CT molecular complexity index is 855. The van der Waals surface area contributed by atoms with E-state index in [4.69, 9.17) is 11.6 Å². The molecule has 0 aromatic heterocycles. The maximum Gasteiger partial charge on any atom is 0.242 e. The first-order chi connectivity index (χ1) is 14.8. The largest absolute Gasteiger partial charge is 0.354 e. The van der Waals surface area contributed by atoms with Crippen LogP contribution in [0.2, 0.25) is 5.02 Å². The standard InChI is InChI=1S/C25H33ClN2O2S/c1-5-23(25(30)27-14-18(2)3)28(15-20-10-12-22(26)13-11-20)24(29)17-31-16-21-9-7-6-8-19(21)4/h6-13,18,23H,5,14-17H2,1-4H3,(H,27,30)/t23-/m0/s1. The number of hydrogen-bond donors (Lipinski definition) is 1. The van der Waals surface area contributed by atoms with E-state index < -0.39 is 6.04 Å². The van der Waals surface area contributed by atoms with Gasteiger partial charge in [-0.15, -0.1) is 11.8 Å². The van der Waals surface area contributed by atoms with E-state index in [2.05, 4.69) is 38.2 Å². The molecule has 4 nitrogen and oxygen atoms in total. The van der Waals surface area contributed by atoms with Gasteiger partial charge in [0.2, 0.25) is 11.8 Å². The van der Waals surface area contributed by atoms with E-state index in [-0.39, 0.29) is 11.8 Å². The van der Waals surface area contributed by atoms with Crippen LogP contribution in [0.4, 0.5) is 0 Å². The number of hydrogen-bond acceptors (Lipinski definition) is 3. The molecule has 0 heterocycles. The summed E-state index contributed by atoms with van der Waals surface area (Å²) in [7, 11) is 0. The number of thioether (sulfide) groups is 1. The number of nitrogens with zero attached hydrogens (tertiary/aromatic N) is 1. The fraction of sp³-hybridized carbons (Fsp3) is 0.440. The quantitative estimate of drug-likeness (QED) is 0.484. The Balaban J connectivity index is 2.12. The van der Waals surface area contributed by atoms with E-state index >= 15 is 0 Å². The maximum atomic E-state index is 13.2. The van der Waals surface area contributed by atoms with Crippen molar-refractivity contribution in [3.63, 3.8) is 0 Å². The van der Waals surface area contributed by atoms with Gasteiger partial charge in [-0.2, -0.15) is 0 Å². The first kappa shape index (κ1) is 25.3. The molecule has 1 atom stereocenters. The van der Waals surface area contributed by atoms with Crippen LogP contribution >= 0.6 is 23.4 Å². The maximum absolute atomic E-state index is 13.2. The van der Waals surface area contributed by atoms with Crippen LogP contribution in [0.15, 0.2) is 48.5 Å². The number of aryl methyl sites for hydroxylation is 1. The first-order valence-corrected chi connectivity index (χ1v) is 12.3. The van der Waals surface area contributed by atoms with E-state index in [1.165, 1.54) is 11.1 Å². The molecule has 0 bridgehead atoms. The Hall–Kier alpha value is -1.98. The Labute approximate surface area is 195 Å².